The molecule has 6 heteroatoms. The third-order valence-corrected chi connectivity index (χ3v) is 2.95. The summed E-state index contributed by atoms with van der Waals surface area (Å²) in [5.74, 6) is 2.75. The fraction of sp³-hybridized carbons (Fsp3) is 0.333. The van der Waals surface area contributed by atoms with Crippen molar-refractivity contribution in [3.63, 3.8) is 0 Å². The van der Waals surface area contributed by atoms with Crippen molar-refractivity contribution in [3.05, 3.63) is 30.1 Å². The van der Waals surface area contributed by atoms with Crippen LogP contribution in [0.15, 0.2) is 24.3 Å². The van der Waals surface area contributed by atoms with Crippen molar-refractivity contribution < 1.29 is 4.74 Å². The van der Waals surface area contributed by atoms with Gasteiger partial charge in [-0.1, -0.05) is 12.1 Å². The molecule has 1 N–H and O–H groups in total. The van der Waals surface area contributed by atoms with Crippen LogP contribution in [0.2, 0.25) is 0 Å². The molecule has 5 nitrogen and oxygen atoms in total. The van der Waals surface area contributed by atoms with Gasteiger partial charge in [0.1, 0.15) is 11.6 Å². The van der Waals surface area contributed by atoms with Crippen LogP contribution >= 0.6 is 12.4 Å². The second-order valence-corrected chi connectivity index (χ2v) is 4.00. The first-order valence-electron chi connectivity index (χ1n) is 5.66. The summed E-state index contributed by atoms with van der Waals surface area (Å²) in [7, 11) is 1.67. The summed E-state index contributed by atoms with van der Waals surface area (Å²) in [5, 5.41) is 11.7. The molecule has 0 unspecified atom stereocenters. The quantitative estimate of drug-likeness (QED) is 0.895. The topological polar surface area (TPSA) is 52.0 Å². The van der Waals surface area contributed by atoms with Crippen molar-refractivity contribution in [3.8, 4) is 17.1 Å². The van der Waals surface area contributed by atoms with Gasteiger partial charge in [-0.15, -0.1) is 22.6 Å². The van der Waals surface area contributed by atoms with Gasteiger partial charge in [-0.2, -0.15) is 0 Å². The van der Waals surface area contributed by atoms with Crippen LogP contribution in [0.3, 0.4) is 0 Å². The summed E-state index contributed by atoms with van der Waals surface area (Å²) in [6.45, 7) is 2.66. The summed E-state index contributed by atoms with van der Waals surface area (Å²) in [6.07, 6.45) is 0. The van der Waals surface area contributed by atoms with Crippen LogP contribution in [0.5, 0.6) is 5.75 Å². The predicted octanol–water partition coefficient (Wildman–Crippen LogP) is 1.48. The average Bonchev–Trinajstić information content (AvgIpc) is 2.82. The van der Waals surface area contributed by atoms with E-state index in [-0.39, 0.29) is 12.4 Å². The van der Waals surface area contributed by atoms with Crippen molar-refractivity contribution in [1.82, 2.24) is 20.1 Å². The van der Waals surface area contributed by atoms with Crippen LogP contribution < -0.4 is 10.1 Å². The molecule has 0 radical (unpaired) electrons. The van der Waals surface area contributed by atoms with Gasteiger partial charge in [0.2, 0.25) is 0 Å². The Morgan fingerprint density at radius 1 is 1.33 bits per heavy atom. The molecule has 0 atom stereocenters. The normalized spacial score (nSPS) is 13.6. The number of nitrogens with zero attached hydrogens (tertiary/aromatic N) is 3. The number of methoxy groups -OCH3 is 1. The van der Waals surface area contributed by atoms with E-state index in [0.717, 1.165) is 42.6 Å². The van der Waals surface area contributed by atoms with Gasteiger partial charge in [0.25, 0.3) is 0 Å². The molecule has 1 aromatic heterocycles. The molecule has 3 rings (SSSR count). The van der Waals surface area contributed by atoms with Crippen molar-refractivity contribution in [2.24, 2.45) is 0 Å². The van der Waals surface area contributed by atoms with Gasteiger partial charge in [0.15, 0.2) is 5.82 Å². The van der Waals surface area contributed by atoms with Crippen LogP contribution in [-0.2, 0) is 13.1 Å². The summed E-state index contributed by atoms with van der Waals surface area (Å²) in [6, 6.07) is 7.91. The number of halogens is 1. The van der Waals surface area contributed by atoms with Gasteiger partial charge in [-0.05, 0) is 12.1 Å². The smallest absolute Gasteiger partial charge is 0.164 e. The van der Waals surface area contributed by atoms with Gasteiger partial charge < -0.3 is 14.6 Å². The first kappa shape index (κ1) is 12.9. The van der Waals surface area contributed by atoms with Crippen LogP contribution in [0.1, 0.15) is 5.82 Å². The average molecular weight is 267 g/mol. The zero-order valence-corrected chi connectivity index (χ0v) is 10.9. The molecule has 0 bridgehead atoms. The van der Waals surface area contributed by atoms with Crippen molar-refractivity contribution in [1.29, 1.82) is 0 Å². The Bertz CT molecular complexity index is 541. The first-order valence-corrected chi connectivity index (χ1v) is 5.66. The minimum atomic E-state index is 0. The SMILES string of the molecule is COc1cccc(-c2nnc3n2CCNC3)c1.Cl. The highest BCUT2D eigenvalue weighted by molar-refractivity contribution is 5.85. The Balaban J connectivity index is 0.00000120. The van der Waals surface area contributed by atoms with Crippen molar-refractivity contribution >= 4 is 12.4 Å². The number of rotatable bonds is 2. The van der Waals surface area contributed by atoms with Gasteiger partial charge in [-0.25, -0.2) is 0 Å². The zero-order valence-electron chi connectivity index (χ0n) is 10.1. The van der Waals surface area contributed by atoms with E-state index in [0.29, 0.717) is 0 Å². The lowest BCUT2D eigenvalue weighted by Crippen LogP contribution is -2.28. The zero-order chi connectivity index (χ0) is 11.7. The number of fused-ring (bicyclic) bond motifs is 1. The number of ether oxygens (including phenoxy) is 1. The fourth-order valence-electron chi connectivity index (χ4n) is 2.07. The molecule has 0 spiro atoms. The molecule has 0 amide bonds. The largest absolute Gasteiger partial charge is 0.497 e. The highest BCUT2D eigenvalue weighted by atomic mass is 35.5. The van der Waals surface area contributed by atoms with Gasteiger partial charge >= 0.3 is 0 Å². The predicted molar refractivity (Wildman–Crippen MR) is 71.0 cm³/mol. The van der Waals surface area contributed by atoms with Gasteiger partial charge in [0.05, 0.1) is 13.7 Å². The van der Waals surface area contributed by atoms with E-state index in [4.69, 9.17) is 4.74 Å². The van der Waals surface area contributed by atoms with E-state index in [1.807, 2.05) is 24.3 Å². The number of nitrogens with one attached hydrogen (secondary N) is 1. The number of hydrogen-bond donors (Lipinski definition) is 1. The maximum absolute atomic E-state index is 5.23. The Kier molecular flexibility index (Phi) is 3.84. The molecule has 1 aliphatic heterocycles. The molecule has 2 heterocycles. The van der Waals surface area contributed by atoms with Crippen molar-refractivity contribution in [2.75, 3.05) is 13.7 Å². The summed E-state index contributed by atoms with van der Waals surface area (Å²) < 4.78 is 7.39. The molecular formula is C12H15ClN4O. The minimum absolute atomic E-state index is 0. The Morgan fingerprint density at radius 3 is 3.06 bits per heavy atom. The highest BCUT2D eigenvalue weighted by Gasteiger charge is 2.16. The van der Waals surface area contributed by atoms with Gasteiger partial charge in [0, 0.05) is 18.7 Å². The van der Waals surface area contributed by atoms with Crippen LogP contribution in [0.25, 0.3) is 11.4 Å². The number of benzene rings is 1. The molecule has 18 heavy (non-hydrogen) atoms. The second kappa shape index (κ2) is 5.37. The molecule has 1 aliphatic rings. The highest BCUT2D eigenvalue weighted by Crippen LogP contribution is 2.23. The van der Waals surface area contributed by atoms with Crippen LogP contribution in [0, 0.1) is 0 Å². The third kappa shape index (κ3) is 2.19. The second-order valence-electron chi connectivity index (χ2n) is 4.00. The van der Waals surface area contributed by atoms with Gasteiger partial charge in [-0.3, -0.25) is 0 Å². The first-order chi connectivity index (χ1) is 8.38. The molecular weight excluding hydrogens is 252 g/mol. The minimum Gasteiger partial charge on any atom is -0.497 e. The number of hydrogen-bond acceptors (Lipinski definition) is 4. The molecule has 1 aromatic carbocycles. The maximum Gasteiger partial charge on any atom is 0.164 e. The van der Waals surface area contributed by atoms with E-state index in [9.17, 15) is 0 Å². The standard InChI is InChI=1S/C12H14N4O.ClH/c1-17-10-4-2-3-9(7-10)12-15-14-11-8-13-5-6-16(11)12;/h2-4,7,13H,5-6,8H2,1H3;1H. The van der Waals surface area contributed by atoms with Crippen LogP contribution in [0.4, 0.5) is 0 Å². The van der Waals surface area contributed by atoms with E-state index >= 15 is 0 Å². The molecule has 2 aromatic rings. The molecule has 0 fully saturated rings. The maximum atomic E-state index is 5.23. The van der Waals surface area contributed by atoms with Crippen LogP contribution in [-0.4, -0.2) is 28.4 Å². The lowest BCUT2D eigenvalue weighted by atomic mass is 10.2. The summed E-state index contributed by atoms with van der Waals surface area (Å²) >= 11 is 0. The summed E-state index contributed by atoms with van der Waals surface area (Å²) in [4.78, 5) is 0. The Hall–Kier alpha value is -1.59. The summed E-state index contributed by atoms with van der Waals surface area (Å²) in [5.41, 5.74) is 1.05. The number of aromatic nitrogens is 3. The molecule has 0 saturated heterocycles. The fourth-order valence-corrected chi connectivity index (χ4v) is 2.07. The van der Waals surface area contributed by atoms with E-state index < -0.39 is 0 Å². The Morgan fingerprint density at radius 2 is 2.22 bits per heavy atom. The monoisotopic (exact) mass is 266 g/mol. The lowest BCUT2D eigenvalue weighted by Gasteiger charge is -2.16. The molecule has 96 valence electrons. The lowest BCUT2D eigenvalue weighted by molar-refractivity contribution is 0.415. The third-order valence-electron chi connectivity index (χ3n) is 2.95. The Labute approximate surface area is 112 Å². The van der Waals surface area contributed by atoms with E-state index in [2.05, 4.69) is 20.1 Å². The molecule has 0 aliphatic carbocycles. The van der Waals surface area contributed by atoms with E-state index in [1.165, 1.54) is 0 Å². The van der Waals surface area contributed by atoms with Crippen molar-refractivity contribution in [2.45, 2.75) is 13.1 Å². The molecule has 0 saturated carbocycles. The van der Waals surface area contributed by atoms with E-state index in [1.54, 1.807) is 7.11 Å².